The van der Waals surface area contributed by atoms with Crippen LogP contribution in [-0.4, -0.2) is 28.8 Å². The molecule has 1 saturated heterocycles. The SMILES string of the molecule is COc1cccc2c1OCC(C=C1SC(=S)N(Cc3ccc(F)cc3)C1=O)=C2. The fraction of sp³-hybridized carbons (Fsp3) is 0.143. The molecule has 4 nitrogen and oxygen atoms in total. The van der Waals surface area contributed by atoms with Crippen molar-refractivity contribution < 1.29 is 18.7 Å². The lowest BCUT2D eigenvalue weighted by Gasteiger charge is -2.18. The second-order valence-electron chi connectivity index (χ2n) is 6.28. The first-order valence-corrected chi connectivity index (χ1v) is 9.78. The zero-order chi connectivity index (χ0) is 19.7. The highest BCUT2D eigenvalue weighted by Crippen LogP contribution is 2.38. The summed E-state index contributed by atoms with van der Waals surface area (Å²) in [4.78, 5) is 14.9. The fourth-order valence-corrected chi connectivity index (χ4v) is 4.29. The van der Waals surface area contributed by atoms with Crippen molar-refractivity contribution in [1.82, 2.24) is 4.90 Å². The lowest BCUT2D eigenvalue weighted by atomic mass is 10.1. The number of carbonyl (C=O) groups excluding carboxylic acids is 1. The molecule has 28 heavy (non-hydrogen) atoms. The summed E-state index contributed by atoms with van der Waals surface area (Å²) in [6, 6.07) is 11.7. The number of rotatable bonds is 4. The maximum absolute atomic E-state index is 13.1. The average Bonchev–Trinajstić information content (AvgIpc) is 2.96. The van der Waals surface area contributed by atoms with Crippen LogP contribution in [0, 0.1) is 5.82 Å². The van der Waals surface area contributed by atoms with Crippen LogP contribution in [0.15, 0.2) is 59.0 Å². The third-order valence-corrected chi connectivity index (χ3v) is 5.78. The Morgan fingerprint density at radius 3 is 2.82 bits per heavy atom. The maximum Gasteiger partial charge on any atom is 0.266 e. The van der Waals surface area contributed by atoms with E-state index in [0.29, 0.717) is 33.9 Å². The van der Waals surface area contributed by atoms with E-state index in [2.05, 4.69) is 0 Å². The van der Waals surface area contributed by atoms with Crippen LogP contribution in [-0.2, 0) is 11.3 Å². The van der Waals surface area contributed by atoms with Gasteiger partial charge in [-0.25, -0.2) is 4.39 Å². The number of halogens is 1. The molecule has 4 rings (SSSR count). The molecule has 0 radical (unpaired) electrons. The largest absolute Gasteiger partial charge is 0.493 e. The van der Waals surface area contributed by atoms with Gasteiger partial charge in [-0.05, 0) is 41.5 Å². The highest BCUT2D eigenvalue weighted by molar-refractivity contribution is 8.26. The number of benzene rings is 2. The molecule has 0 aliphatic carbocycles. The predicted octanol–water partition coefficient (Wildman–Crippen LogP) is 4.55. The van der Waals surface area contributed by atoms with E-state index in [4.69, 9.17) is 21.7 Å². The monoisotopic (exact) mass is 413 g/mol. The van der Waals surface area contributed by atoms with Gasteiger partial charge in [0.1, 0.15) is 16.7 Å². The fourth-order valence-electron chi connectivity index (χ4n) is 3.02. The first-order valence-electron chi connectivity index (χ1n) is 8.55. The van der Waals surface area contributed by atoms with E-state index in [0.717, 1.165) is 16.7 Å². The number of methoxy groups -OCH3 is 1. The molecule has 0 unspecified atom stereocenters. The van der Waals surface area contributed by atoms with Gasteiger partial charge in [-0.15, -0.1) is 0 Å². The minimum atomic E-state index is -0.310. The summed E-state index contributed by atoms with van der Waals surface area (Å²) in [7, 11) is 1.60. The number of hydrogen-bond acceptors (Lipinski definition) is 5. The Bertz CT molecular complexity index is 1010. The van der Waals surface area contributed by atoms with Crippen molar-refractivity contribution in [3.05, 3.63) is 76.0 Å². The molecule has 1 fully saturated rings. The Morgan fingerprint density at radius 1 is 1.29 bits per heavy atom. The topological polar surface area (TPSA) is 38.8 Å². The van der Waals surface area contributed by atoms with Crippen molar-refractivity contribution in [2.45, 2.75) is 6.54 Å². The molecule has 0 N–H and O–H groups in total. The lowest BCUT2D eigenvalue weighted by molar-refractivity contribution is -0.122. The van der Waals surface area contributed by atoms with Gasteiger partial charge in [-0.1, -0.05) is 48.2 Å². The average molecular weight is 413 g/mol. The Hall–Kier alpha value is -2.64. The highest BCUT2D eigenvalue weighted by Gasteiger charge is 2.32. The van der Waals surface area contributed by atoms with Gasteiger partial charge in [-0.3, -0.25) is 9.69 Å². The number of nitrogens with zero attached hydrogens (tertiary/aromatic N) is 1. The Labute approximate surface area is 171 Å². The van der Waals surface area contributed by atoms with Gasteiger partial charge in [0, 0.05) is 5.56 Å². The van der Waals surface area contributed by atoms with E-state index in [1.165, 1.54) is 28.8 Å². The number of thioether (sulfide) groups is 1. The minimum absolute atomic E-state index is 0.156. The Balaban J connectivity index is 1.55. The smallest absolute Gasteiger partial charge is 0.266 e. The lowest BCUT2D eigenvalue weighted by Crippen LogP contribution is -2.27. The molecule has 142 valence electrons. The Kier molecular flexibility index (Phi) is 5.19. The van der Waals surface area contributed by atoms with Crippen LogP contribution in [0.4, 0.5) is 4.39 Å². The summed E-state index contributed by atoms with van der Waals surface area (Å²) in [5.74, 6) is 0.913. The first kappa shape index (κ1) is 18.7. The first-order chi connectivity index (χ1) is 13.5. The van der Waals surface area contributed by atoms with Crippen LogP contribution in [0.1, 0.15) is 11.1 Å². The standard InChI is InChI=1S/C21H16FNO3S2/c1-25-17-4-2-3-15-9-14(12-26-19(15)17)10-18-20(24)23(21(27)28-18)11-13-5-7-16(22)8-6-13/h2-10H,11-12H2,1H3. The summed E-state index contributed by atoms with van der Waals surface area (Å²) < 4.78 is 24.7. The second-order valence-corrected chi connectivity index (χ2v) is 7.96. The molecule has 2 aliphatic rings. The van der Waals surface area contributed by atoms with Crippen LogP contribution in [0.2, 0.25) is 0 Å². The van der Waals surface area contributed by atoms with Gasteiger partial charge in [-0.2, -0.15) is 0 Å². The van der Waals surface area contributed by atoms with E-state index in [9.17, 15) is 9.18 Å². The van der Waals surface area contributed by atoms with Crippen LogP contribution in [0.5, 0.6) is 11.5 Å². The van der Waals surface area contributed by atoms with Crippen LogP contribution >= 0.6 is 24.0 Å². The maximum atomic E-state index is 13.1. The number of fused-ring (bicyclic) bond motifs is 1. The highest BCUT2D eigenvalue weighted by atomic mass is 32.2. The Morgan fingerprint density at radius 2 is 2.07 bits per heavy atom. The molecule has 1 amide bonds. The van der Waals surface area contributed by atoms with Crippen LogP contribution < -0.4 is 9.47 Å². The van der Waals surface area contributed by atoms with E-state index >= 15 is 0 Å². The van der Waals surface area contributed by atoms with E-state index in [1.54, 1.807) is 19.2 Å². The number of hydrogen-bond donors (Lipinski definition) is 0. The number of amides is 1. The van der Waals surface area contributed by atoms with Gasteiger partial charge in [0.15, 0.2) is 11.5 Å². The van der Waals surface area contributed by atoms with Crippen molar-refractivity contribution in [1.29, 1.82) is 0 Å². The van der Waals surface area contributed by atoms with Crippen LogP contribution in [0.25, 0.3) is 6.08 Å². The molecule has 2 heterocycles. The second kappa shape index (κ2) is 7.77. The van der Waals surface area contributed by atoms with Gasteiger partial charge < -0.3 is 9.47 Å². The molecular formula is C21H16FNO3S2. The van der Waals surface area contributed by atoms with Crippen molar-refractivity contribution in [2.24, 2.45) is 0 Å². The van der Waals surface area contributed by atoms with E-state index in [-0.39, 0.29) is 11.7 Å². The summed E-state index contributed by atoms with van der Waals surface area (Å²) in [6.45, 7) is 0.660. The molecule has 0 aromatic heterocycles. The van der Waals surface area contributed by atoms with Gasteiger partial charge >= 0.3 is 0 Å². The van der Waals surface area contributed by atoms with Gasteiger partial charge in [0.2, 0.25) is 0 Å². The van der Waals surface area contributed by atoms with E-state index in [1.807, 2.05) is 30.4 Å². The summed E-state index contributed by atoms with van der Waals surface area (Å²) in [5, 5.41) is 0. The van der Waals surface area contributed by atoms with Crippen molar-refractivity contribution in [3.8, 4) is 11.5 Å². The minimum Gasteiger partial charge on any atom is -0.493 e. The van der Waals surface area contributed by atoms with Crippen LogP contribution in [0.3, 0.4) is 0 Å². The molecule has 2 aliphatic heterocycles. The molecule has 2 aromatic carbocycles. The van der Waals surface area contributed by atoms with Crippen molar-refractivity contribution in [2.75, 3.05) is 13.7 Å². The van der Waals surface area contributed by atoms with Crippen molar-refractivity contribution in [3.63, 3.8) is 0 Å². The number of carbonyl (C=O) groups is 1. The third kappa shape index (κ3) is 3.68. The number of ether oxygens (including phenoxy) is 2. The molecule has 0 saturated carbocycles. The molecular weight excluding hydrogens is 397 g/mol. The molecule has 2 aromatic rings. The van der Waals surface area contributed by atoms with Gasteiger partial charge in [0.25, 0.3) is 5.91 Å². The quantitative estimate of drug-likeness (QED) is 0.543. The van der Waals surface area contributed by atoms with E-state index < -0.39 is 0 Å². The molecule has 7 heteroatoms. The summed E-state index contributed by atoms with van der Waals surface area (Å²) >= 11 is 6.63. The third-order valence-electron chi connectivity index (χ3n) is 4.40. The number of para-hydroxylation sites is 1. The van der Waals surface area contributed by atoms with Crippen molar-refractivity contribution >= 4 is 40.3 Å². The zero-order valence-corrected chi connectivity index (χ0v) is 16.6. The van der Waals surface area contributed by atoms with Gasteiger partial charge in [0.05, 0.1) is 18.6 Å². The molecule has 0 atom stereocenters. The molecule has 0 spiro atoms. The molecule has 0 bridgehead atoms. The zero-order valence-electron chi connectivity index (χ0n) is 15.0. The normalized spacial score (nSPS) is 17.4. The number of thiocarbonyl (C=S) groups is 1. The predicted molar refractivity (Wildman–Crippen MR) is 112 cm³/mol. The summed E-state index contributed by atoms with van der Waals surface area (Å²) in [5.41, 5.74) is 2.60. The summed E-state index contributed by atoms with van der Waals surface area (Å²) in [6.07, 6.45) is 3.79.